The van der Waals surface area contributed by atoms with Gasteiger partial charge in [-0.25, -0.2) is 0 Å². The smallest absolute Gasteiger partial charge is 0.0666 e. The Morgan fingerprint density at radius 3 is 2.83 bits per heavy atom. The van der Waals surface area contributed by atoms with Crippen molar-refractivity contribution in [2.75, 3.05) is 0 Å². The Hall–Kier alpha value is 0.550. The van der Waals surface area contributed by atoms with E-state index in [0.29, 0.717) is 0 Å². The highest BCUT2D eigenvalue weighted by molar-refractivity contribution is 14.1. The van der Waals surface area contributed by atoms with E-state index in [1.54, 1.807) is 11.3 Å². The first kappa shape index (κ1) is 9.12. The fraction of sp³-hybridized carbons (Fsp3) is 0. The van der Waals surface area contributed by atoms with E-state index >= 15 is 0 Å². The zero-order valence-electron chi connectivity index (χ0n) is 5.84. The summed E-state index contributed by atoms with van der Waals surface area (Å²) < 4.78 is 2.37. The van der Waals surface area contributed by atoms with Gasteiger partial charge < -0.3 is 0 Å². The normalized spacial score (nSPS) is 10.9. The lowest BCUT2D eigenvalue weighted by Gasteiger charge is -1.95. The highest BCUT2D eigenvalue weighted by atomic mass is 127. The molecule has 4 heteroatoms. The second-order valence-corrected chi connectivity index (χ2v) is 6.20. The molecule has 0 unspecified atom stereocenters. The van der Waals surface area contributed by atoms with Crippen LogP contribution in [-0.4, -0.2) is 0 Å². The quantitative estimate of drug-likeness (QED) is 0.537. The summed E-state index contributed by atoms with van der Waals surface area (Å²) in [5.41, 5.74) is 0. The minimum atomic E-state index is 0.815. The average molecular weight is 327 g/mol. The van der Waals surface area contributed by atoms with Crippen LogP contribution in [0.2, 0.25) is 5.02 Å². The summed E-state index contributed by atoms with van der Waals surface area (Å²) >= 11 is 14.4. The van der Waals surface area contributed by atoms with Gasteiger partial charge in [-0.15, -0.1) is 24.0 Å². The van der Waals surface area contributed by atoms with E-state index < -0.39 is 0 Å². The molecule has 0 fully saturated rings. The third kappa shape index (κ3) is 1.47. The molecule has 0 atom stereocenters. The van der Waals surface area contributed by atoms with Gasteiger partial charge in [0.2, 0.25) is 0 Å². The molecule has 1 aromatic heterocycles. The minimum absolute atomic E-state index is 0.815. The second kappa shape index (κ2) is 3.36. The van der Waals surface area contributed by atoms with Crippen LogP contribution in [0.25, 0.3) is 10.1 Å². The molecule has 0 spiro atoms. The first-order valence-corrected chi connectivity index (χ1v) is 5.97. The molecule has 0 aliphatic heterocycles. The van der Waals surface area contributed by atoms with Crippen molar-refractivity contribution in [2.24, 2.45) is 0 Å². The molecule has 1 heterocycles. The summed E-state index contributed by atoms with van der Waals surface area (Å²) in [7, 11) is 0. The van der Waals surface area contributed by atoms with Crippen molar-refractivity contribution >= 4 is 68.2 Å². The zero-order chi connectivity index (χ0) is 8.72. The van der Waals surface area contributed by atoms with Crippen LogP contribution in [0.1, 0.15) is 0 Å². The Morgan fingerprint density at radius 1 is 1.42 bits per heavy atom. The van der Waals surface area contributed by atoms with Gasteiger partial charge in [-0.1, -0.05) is 11.6 Å². The molecular weight excluding hydrogens is 323 g/mol. The lowest BCUT2D eigenvalue weighted by molar-refractivity contribution is 1.59. The van der Waals surface area contributed by atoms with E-state index in [1.807, 2.05) is 12.1 Å². The van der Waals surface area contributed by atoms with Crippen molar-refractivity contribution in [2.45, 2.75) is 4.90 Å². The highest BCUT2D eigenvalue weighted by Crippen LogP contribution is 2.35. The van der Waals surface area contributed by atoms with Gasteiger partial charge >= 0.3 is 0 Å². The van der Waals surface area contributed by atoms with Crippen molar-refractivity contribution < 1.29 is 0 Å². The van der Waals surface area contributed by atoms with Crippen LogP contribution in [0.4, 0.5) is 0 Å². The van der Waals surface area contributed by atoms with Crippen molar-refractivity contribution in [3.8, 4) is 0 Å². The topological polar surface area (TPSA) is 0 Å². The van der Waals surface area contributed by atoms with Gasteiger partial charge in [0.05, 0.1) is 12.6 Å². The molecular formula is C8H4ClIS2. The molecule has 0 radical (unpaired) electrons. The molecule has 2 aromatic rings. The van der Waals surface area contributed by atoms with Crippen LogP contribution < -0.4 is 0 Å². The van der Waals surface area contributed by atoms with Gasteiger partial charge in [0, 0.05) is 10.3 Å². The molecule has 0 saturated carbocycles. The fourth-order valence-electron chi connectivity index (χ4n) is 1.05. The van der Waals surface area contributed by atoms with Gasteiger partial charge in [0.1, 0.15) is 0 Å². The van der Waals surface area contributed by atoms with Gasteiger partial charge in [-0.05, 0) is 40.8 Å². The summed E-state index contributed by atoms with van der Waals surface area (Å²) in [5, 5.41) is 1.97. The third-order valence-corrected chi connectivity index (χ3v) is 4.33. The lowest BCUT2D eigenvalue weighted by Crippen LogP contribution is -1.68. The maximum Gasteiger partial charge on any atom is 0.0666 e. The Kier molecular flexibility index (Phi) is 2.56. The largest absolute Gasteiger partial charge is 0.143 e. The number of rotatable bonds is 0. The van der Waals surface area contributed by atoms with Gasteiger partial charge in [-0.3, -0.25) is 0 Å². The van der Waals surface area contributed by atoms with E-state index in [-0.39, 0.29) is 0 Å². The first-order chi connectivity index (χ1) is 5.68. The monoisotopic (exact) mass is 326 g/mol. The number of fused-ring (bicyclic) bond motifs is 1. The first-order valence-electron chi connectivity index (χ1n) is 3.25. The zero-order valence-corrected chi connectivity index (χ0v) is 10.5. The molecule has 1 aromatic carbocycles. The second-order valence-electron chi connectivity index (χ2n) is 2.36. The van der Waals surface area contributed by atoms with Crippen molar-refractivity contribution in [1.82, 2.24) is 0 Å². The van der Waals surface area contributed by atoms with E-state index in [0.717, 1.165) is 20.0 Å². The fourth-order valence-corrected chi connectivity index (χ4v) is 3.44. The summed E-state index contributed by atoms with van der Waals surface area (Å²) in [5.74, 6) is 0. The number of thiol groups is 1. The highest BCUT2D eigenvalue weighted by Gasteiger charge is 2.05. The molecule has 2 rings (SSSR count). The maximum atomic E-state index is 6.02. The maximum absolute atomic E-state index is 6.02. The van der Waals surface area contributed by atoms with Crippen molar-refractivity contribution in [1.29, 1.82) is 0 Å². The Labute approximate surface area is 98.5 Å². The van der Waals surface area contributed by atoms with Gasteiger partial charge in [-0.2, -0.15) is 0 Å². The Bertz CT molecular complexity index is 397. The van der Waals surface area contributed by atoms with Crippen LogP contribution in [0, 0.1) is 2.88 Å². The lowest BCUT2D eigenvalue weighted by atomic mass is 10.3. The summed E-state index contributed by atoms with van der Waals surface area (Å²) in [6.07, 6.45) is 0. The van der Waals surface area contributed by atoms with Gasteiger partial charge in [0.15, 0.2) is 0 Å². The predicted octanol–water partition coefficient (Wildman–Crippen LogP) is 4.45. The number of thiophene rings is 1. The third-order valence-electron chi connectivity index (χ3n) is 1.58. The SMILES string of the molecule is Sc1ccc(Cl)c2sc(I)cc12. The summed E-state index contributed by atoms with van der Waals surface area (Å²) in [6.45, 7) is 0. The molecule has 0 saturated heterocycles. The van der Waals surface area contributed by atoms with E-state index in [2.05, 4.69) is 41.3 Å². The predicted molar refractivity (Wildman–Crippen MR) is 66.8 cm³/mol. The number of hydrogen-bond donors (Lipinski definition) is 1. The number of halogens is 2. The number of hydrogen-bond acceptors (Lipinski definition) is 2. The van der Waals surface area contributed by atoms with E-state index in [1.165, 1.54) is 2.88 Å². The summed E-state index contributed by atoms with van der Waals surface area (Å²) in [4.78, 5) is 0.994. The molecule has 0 aliphatic rings. The van der Waals surface area contributed by atoms with Crippen LogP contribution in [0.15, 0.2) is 23.1 Å². The summed E-state index contributed by atoms with van der Waals surface area (Å²) in [6, 6.07) is 5.92. The van der Waals surface area contributed by atoms with E-state index in [9.17, 15) is 0 Å². The molecule has 0 aliphatic carbocycles. The molecule has 0 bridgehead atoms. The molecule has 0 amide bonds. The average Bonchev–Trinajstić information content (AvgIpc) is 2.41. The minimum Gasteiger partial charge on any atom is -0.143 e. The van der Waals surface area contributed by atoms with Crippen molar-refractivity contribution in [3.05, 3.63) is 26.1 Å². The molecule has 0 nitrogen and oxygen atoms in total. The van der Waals surface area contributed by atoms with E-state index in [4.69, 9.17) is 11.6 Å². The van der Waals surface area contributed by atoms with Crippen LogP contribution in [0.3, 0.4) is 0 Å². The van der Waals surface area contributed by atoms with Gasteiger partial charge in [0.25, 0.3) is 0 Å². The number of benzene rings is 1. The van der Waals surface area contributed by atoms with Crippen LogP contribution in [0.5, 0.6) is 0 Å². The molecule has 12 heavy (non-hydrogen) atoms. The standard InChI is InChI=1S/C8H4ClIS2/c9-5-1-2-6(11)4-3-7(10)12-8(4)5/h1-3,11H. The molecule has 62 valence electrons. The van der Waals surface area contributed by atoms with Crippen LogP contribution >= 0.6 is 58.2 Å². The van der Waals surface area contributed by atoms with Crippen LogP contribution in [-0.2, 0) is 0 Å². The Balaban J connectivity index is 2.93. The van der Waals surface area contributed by atoms with Crippen molar-refractivity contribution in [3.63, 3.8) is 0 Å². The Morgan fingerprint density at radius 2 is 2.17 bits per heavy atom. The molecule has 0 N–H and O–H groups in total.